The number of nitrogens with one attached hydrogen (secondary N) is 2. The maximum Gasteiger partial charge on any atom is 0.387 e. The molecule has 7 nitrogen and oxygen atoms in total. The first kappa shape index (κ1) is 22.1. The fourth-order valence-electron chi connectivity index (χ4n) is 2.13. The van der Waals surface area contributed by atoms with E-state index in [4.69, 9.17) is 16.3 Å². The Morgan fingerprint density at radius 1 is 1.14 bits per heavy atom. The summed E-state index contributed by atoms with van der Waals surface area (Å²) in [6.07, 6.45) is 0. The van der Waals surface area contributed by atoms with Gasteiger partial charge in [0.2, 0.25) is 0 Å². The van der Waals surface area contributed by atoms with Gasteiger partial charge in [-0.25, -0.2) is 0 Å². The average molecular weight is 427 g/mol. The van der Waals surface area contributed by atoms with Crippen LogP contribution in [0.1, 0.15) is 15.9 Å². The van der Waals surface area contributed by atoms with Crippen molar-refractivity contribution in [2.45, 2.75) is 13.5 Å². The molecule has 0 bridgehead atoms. The Bertz CT molecular complexity index is 908. The van der Waals surface area contributed by atoms with Crippen LogP contribution in [0.5, 0.6) is 5.75 Å². The number of rotatable bonds is 8. The van der Waals surface area contributed by atoms with Gasteiger partial charge in [0.1, 0.15) is 12.3 Å². The van der Waals surface area contributed by atoms with Crippen LogP contribution < -0.4 is 15.4 Å². The van der Waals surface area contributed by atoms with Crippen LogP contribution in [0.15, 0.2) is 42.5 Å². The molecule has 2 amide bonds. The molecule has 154 valence electrons. The number of hydrogen-bond acceptors (Lipinski definition) is 5. The van der Waals surface area contributed by atoms with Crippen molar-refractivity contribution in [2.75, 3.05) is 18.5 Å². The number of aryl methyl sites for hydroxylation is 1. The molecule has 0 radical (unpaired) electrons. The van der Waals surface area contributed by atoms with Crippen LogP contribution in [-0.2, 0) is 14.3 Å². The van der Waals surface area contributed by atoms with Crippen molar-refractivity contribution in [3.05, 3.63) is 58.6 Å². The van der Waals surface area contributed by atoms with Gasteiger partial charge in [-0.2, -0.15) is 8.78 Å². The van der Waals surface area contributed by atoms with Crippen LogP contribution in [0.4, 0.5) is 14.5 Å². The number of ether oxygens (including phenoxy) is 2. The van der Waals surface area contributed by atoms with Crippen LogP contribution in [0.25, 0.3) is 0 Å². The number of alkyl halides is 2. The van der Waals surface area contributed by atoms with E-state index < -0.39 is 37.5 Å². The smallest absolute Gasteiger partial charge is 0.387 e. The molecule has 0 aliphatic rings. The molecule has 29 heavy (non-hydrogen) atoms. The van der Waals surface area contributed by atoms with Crippen molar-refractivity contribution in [1.82, 2.24) is 5.32 Å². The van der Waals surface area contributed by atoms with E-state index in [9.17, 15) is 23.2 Å². The highest BCUT2D eigenvalue weighted by molar-refractivity contribution is 6.31. The first-order chi connectivity index (χ1) is 13.7. The summed E-state index contributed by atoms with van der Waals surface area (Å²) in [7, 11) is 0. The molecule has 0 spiro atoms. The van der Waals surface area contributed by atoms with Crippen molar-refractivity contribution in [2.24, 2.45) is 0 Å². The number of carbonyl (C=O) groups excluding carboxylic acids is 3. The minimum atomic E-state index is -3.02. The normalized spacial score (nSPS) is 10.4. The highest BCUT2D eigenvalue weighted by Crippen LogP contribution is 2.20. The number of halogens is 3. The standard InChI is InChI=1S/C19H17ClF2N2O5/c1-11-5-6-13(8-15(11)20)24-16(25)10-28-17(26)9-23-18(27)12-3-2-4-14(7-12)29-19(21)22/h2-8,19H,9-10H2,1H3,(H,23,27)(H,24,25). The highest BCUT2D eigenvalue weighted by atomic mass is 35.5. The summed E-state index contributed by atoms with van der Waals surface area (Å²) >= 11 is 5.96. The average Bonchev–Trinajstić information content (AvgIpc) is 2.67. The van der Waals surface area contributed by atoms with Gasteiger partial charge in [-0.3, -0.25) is 14.4 Å². The fraction of sp³-hybridized carbons (Fsp3) is 0.211. The summed E-state index contributed by atoms with van der Waals surface area (Å²) in [4.78, 5) is 35.5. The zero-order valence-corrected chi connectivity index (χ0v) is 16.0. The first-order valence-electron chi connectivity index (χ1n) is 8.29. The number of benzene rings is 2. The maximum absolute atomic E-state index is 12.2. The number of hydrogen-bond donors (Lipinski definition) is 2. The van der Waals surface area contributed by atoms with Crippen molar-refractivity contribution < 1.29 is 32.6 Å². The maximum atomic E-state index is 12.2. The highest BCUT2D eigenvalue weighted by Gasteiger charge is 2.13. The lowest BCUT2D eigenvalue weighted by atomic mass is 10.2. The van der Waals surface area contributed by atoms with Gasteiger partial charge in [0, 0.05) is 16.3 Å². The molecule has 0 heterocycles. The van der Waals surface area contributed by atoms with Crippen molar-refractivity contribution in [3.63, 3.8) is 0 Å². The van der Waals surface area contributed by atoms with Crippen molar-refractivity contribution in [3.8, 4) is 5.75 Å². The molecule has 2 aromatic carbocycles. The summed E-state index contributed by atoms with van der Waals surface area (Å²) < 4.78 is 33.4. The molecule has 2 N–H and O–H groups in total. The van der Waals surface area contributed by atoms with Crippen LogP contribution in [0, 0.1) is 6.92 Å². The molecule has 0 aliphatic carbocycles. The second-order valence-electron chi connectivity index (χ2n) is 5.76. The Hall–Kier alpha value is -3.20. The largest absolute Gasteiger partial charge is 0.454 e. The molecular weight excluding hydrogens is 410 g/mol. The van der Waals surface area contributed by atoms with Crippen LogP contribution >= 0.6 is 11.6 Å². The Morgan fingerprint density at radius 2 is 1.90 bits per heavy atom. The van der Waals surface area contributed by atoms with Gasteiger partial charge in [-0.05, 0) is 42.8 Å². The quantitative estimate of drug-likeness (QED) is 0.632. The lowest BCUT2D eigenvalue weighted by Gasteiger charge is -2.09. The monoisotopic (exact) mass is 426 g/mol. The van der Waals surface area contributed by atoms with Gasteiger partial charge in [0.05, 0.1) is 0 Å². The minimum absolute atomic E-state index is 0.0185. The fourth-order valence-corrected chi connectivity index (χ4v) is 2.31. The van der Waals surface area contributed by atoms with Gasteiger partial charge in [-0.1, -0.05) is 23.7 Å². The van der Waals surface area contributed by atoms with E-state index >= 15 is 0 Å². The predicted octanol–water partition coefficient (Wildman–Crippen LogP) is 3.16. The van der Waals surface area contributed by atoms with Gasteiger partial charge >= 0.3 is 12.6 Å². The number of carbonyl (C=O) groups is 3. The molecule has 0 aromatic heterocycles. The zero-order valence-electron chi connectivity index (χ0n) is 15.2. The van der Waals surface area contributed by atoms with E-state index in [1.165, 1.54) is 18.2 Å². The Balaban J connectivity index is 1.77. The van der Waals surface area contributed by atoms with E-state index in [1.807, 2.05) is 6.92 Å². The second kappa shape index (κ2) is 10.4. The number of amides is 2. The lowest BCUT2D eigenvalue weighted by molar-refractivity contribution is -0.146. The molecule has 0 unspecified atom stereocenters. The van der Waals surface area contributed by atoms with Gasteiger partial charge in [0.25, 0.3) is 11.8 Å². The molecule has 0 saturated carbocycles. The topological polar surface area (TPSA) is 93.7 Å². The third kappa shape index (κ3) is 7.38. The van der Waals surface area contributed by atoms with E-state index in [-0.39, 0.29) is 11.3 Å². The summed E-state index contributed by atoms with van der Waals surface area (Å²) in [5.74, 6) is -2.32. The molecular formula is C19H17ClF2N2O5. The van der Waals surface area contributed by atoms with Gasteiger partial charge < -0.3 is 20.1 Å². The third-order valence-electron chi connectivity index (χ3n) is 3.53. The van der Waals surface area contributed by atoms with E-state index in [1.54, 1.807) is 18.2 Å². The van der Waals surface area contributed by atoms with Crippen LogP contribution in [-0.4, -0.2) is 37.5 Å². The third-order valence-corrected chi connectivity index (χ3v) is 3.94. The van der Waals surface area contributed by atoms with Gasteiger partial charge in [-0.15, -0.1) is 0 Å². The SMILES string of the molecule is Cc1ccc(NC(=O)COC(=O)CNC(=O)c2cccc(OC(F)F)c2)cc1Cl. The zero-order chi connectivity index (χ0) is 21.4. The molecule has 2 rings (SSSR count). The summed E-state index contributed by atoms with van der Waals surface area (Å²) in [5.41, 5.74) is 1.31. The predicted molar refractivity (Wildman–Crippen MR) is 101 cm³/mol. The van der Waals surface area contributed by atoms with Crippen LogP contribution in [0.2, 0.25) is 5.02 Å². The summed E-state index contributed by atoms with van der Waals surface area (Å²) in [6.45, 7) is -2.28. The first-order valence-corrected chi connectivity index (χ1v) is 8.67. The molecule has 0 aliphatic heterocycles. The summed E-state index contributed by atoms with van der Waals surface area (Å²) in [6, 6.07) is 10.0. The molecule has 0 fully saturated rings. The van der Waals surface area contributed by atoms with E-state index in [2.05, 4.69) is 15.4 Å². The second-order valence-corrected chi connectivity index (χ2v) is 6.17. The lowest BCUT2D eigenvalue weighted by Crippen LogP contribution is -2.32. The molecule has 0 atom stereocenters. The van der Waals surface area contributed by atoms with E-state index in [0.717, 1.165) is 11.6 Å². The molecule has 2 aromatic rings. The Morgan fingerprint density at radius 3 is 2.59 bits per heavy atom. The molecule has 10 heteroatoms. The van der Waals surface area contributed by atoms with Crippen molar-refractivity contribution >= 4 is 35.1 Å². The van der Waals surface area contributed by atoms with Gasteiger partial charge in [0.15, 0.2) is 6.61 Å². The number of anilines is 1. The Labute approximate surface area is 169 Å². The van der Waals surface area contributed by atoms with Crippen molar-refractivity contribution in [1.29, 1.82) is 0 Å². The van der Waals surface area contributed by atoms with Crippen LogP contribution in [0.3, 0.4) is 0 Å². The minimum Gasteiger partial charge on any atom is -0.454 e. The number of esters is 1. The molecule has 0 saturated heterocycles. The van der Waals surface area contributed by atoms with E-state index in [0.29, 0.717) is 10.7 Å². The summed E-state index contributed by atoms with van der Waals surface area (Å²) in [5, 5.41) is 5.25. The Kier molecular flexibility index (Phi) is 7.90.